The predicted octanol–water partition coefficient (Wildman–Crippen LogP) is 1.48. The summed E-state index contributed by atoms with van der Waals surface area (Å²) in [6.07, 6.45) is 3.14. The lowest BCUT2D eigenvalue weighted by molar-refractivity contribution is -0.118. The molecule has 0 spiro atoms. The van der Waals surface area contributed by atoms with E-state index in [0.29, 0.717) is 6.54 Å². The van der Waals surface area contributed by atoms with Gasteiger partial charge in [-0.25, -0.2) is 0 Å². The normalized spacial score (nSPS) is 11.3. The molecular weight excluding hydrogens is 126 g/mol. The summed E-state index contributed by atoms with van der Waals surface area (Å²) in [7, 11) is 0. The van der Waals surface area contributed by atoms with Crippen LogP contribution in [0.25, 0.3) is 0 Å². The lowest BCUT2D eigenvalue weighted by Gasteiger charge is -2.00. The van der Waals surface area contributed by atoms with E-state index in [1.165, 1.54) is 12.5 Å². The van der Waals surface area contributed by atoms with Gasteiger partial charge in [0.25, 0.3) is 0 Å². The van der Waals surface area contributed by atoms with Gasteiger partial charge in [-0.3, -0.25) is 4.79 Å². The first-order valence-corrected chi connectivity index (χ1v) is 3.57. The van der Waals surface area contributed by atoms with Crippen molar-refractivity contribution in [1.29, 1.82) is 0 Å². The highest BCUT2D eigenvalue weighted by Crippen LogP contribution is 1.91. The number of nitrogens with one attached hydrogen (secondary N) is 1. The van der Waals surface area contributed by atoms with Crippen LogP contribution in [0.3, 0.4) is 0 Å². The van der Waals surface area contributed by atoms with Gasteiger partial charge in [0.1, 0.15) is 0 Å². The molecule has 0 aliphatic rings. The molecule has 58 valence electrons. The van der Waals surface area contributed by atoms with Crippen molar-refractivity contribution >= 4 is 5.91 Å². The van der Waals surface area contributed by atoms with Crippen molar-refractivity contribution in [3.63, 3.8) is 0 Å². The zero-order valence-corrected chi connectivity index (χ0v) is 6.90. The largest absolute Gasteiger partial charge is 0.353 e. The average Bonchev–Trinajstić information content (AvgIpc) is 1.85. The van der Waals surface area contributed by atoms with Crippen LogP contribution in [-0.4, -0.2) is 12.5 Å². The Hall–Kier alpha value is -0.790. The number of allylic oxidation sites excluding steroid dienone is 1. The van der Waals surface area contributed by atoms with E-state index in [1.54, 1.807) is 0 Å². The first kappa shape index (κ1) is 9.21. The smallest absolute Gasteiger partial charge is 0.217 e. The summed E-state index contributed by atoms with van der Waals surface area (Å²) in [5.74, 6) is 0.0313. The highest BCUT2D eigenvalue weighted by molar-refractivity contribution is 5.73. The molecule has 0 fully saturated rings. The SMILES string of the molecule is CCC=C(C)CNC(C)=O. The van der Waals surface area contributed by atoms with Crippen molar-refractivity contribution in [2.24, 2.45) is 0 Å². The fourth-order valence-corrected chi connectivity index (χ4v) is 0.685. The topological polar surface area (TPSA) is 29.1 Å². The van der Waals surface area contributed by atoms with Crippen LogP contribution in [-0.2, 0) is 4.79 Å². The van der Waals surface area contributed by atoms with Gasteiger partial charge in [0.05, 0.1) is 0 Å². The Labute approximate surface area is 62.3 Å². The standard InChI is InChI=1S/C8H15NO/c1-4-5-7(2)6-9-8(3)10/h5H,4,6H2,1-3H3,(H,9,10). The van der Waals surface area contributed by atoms with Crippen molar-refractivity contribution in [1.82, 2.24) is 5.32 Å². The van der Waals surface area contributed by atoms with Crippen LogP contribution in [0.1, 0.15) is 27.2 Å². The van der Waals surface area contributed by atoms with Gasteiger partial charge in [-0.1, -0.05) is 18.6 Å². The molecule has 0 atom stereocenters. The summed E-state index contributed by atoms with van der Waals surface area (Å²) in [6, 6.07) is 0. The molecule has 0 unspecified atom stereocenters. The van der Waals surface area contributed by atoms with Gasteiger partial charge >= 0.3 is 0 Å². The first-order chi connectivity index (χ1) is 4.66. The molecule has 2 heteroatoms. The van der Waals surface area contributed by atoms with Gasteiger partial charge in [0.15, 0.2) is 0 Å². The minimum atomic E-state index is 0.0313. The van der Waals surface area contributed by atoms with Crippen LogP contribution in [0, 0.1) is 0 Å². The molecule has 10 heavy (non-hydrogen) atoms. The number of amides is 1. The quantitative estimate of drug-likeness (QED) is 0.592. The number of hydrogen-bond acceptors (Lipinski definition) is 1. The molecule has 0 aromatic carbocycles. The summed E-state index contributed by atoms with van der Waals surface area (Å²) >= 11 is 0. The first-order valence-electron chi connectivity index (χ1n) is 3.57. The van der Waals surface area contributed by atoms with Crippen LogP contribution in [0.15, 0.2) is 11.6 Å². The predicted molar refractivity (Wildman–Crippen MR) is 42.7 cm³/mol. The van der Waals surface area contributed by atoms with Crippen LogP contribution in [0.2, 0.25) is 0 Å². The van der Waals surface area contributed by atoms with Gasteiger partial charge in [-0.2, -0.15) is 0 Å². The zero-order chi connectivity index (χ0) is 7.98. The van der Waals surface area contributed by atoms with Crippen molar-refractivity contribution in [3.8, 4) is 0 Å². The molecule has 0 radical (unpaired) electrons. The molecule has 1 amide bonds. The highest BCUT2D eigenvalue weighted by atomic mass is 16.1. The highest BCUT2D eigenvalue weighted by Gasteiger charge is 1.89. The fourth-order valence-electron chi connectivity index (χ4n) is 0.685. The third-order valence-corrected chi connectivity index (χ3v) is 1.17. The summed E-state index contributed by atoms with van der Waals surface area (Å²) in [5, 5.41) is 2.72. The molecule has 0 aliphatic carbocycles. The van der Waals surface area contributed by atoms with E-state index in [9.17, 15) is 4.79 Å². The van der Waals surface area contributed by atoms with Crippen LogP contribution < -0.4 is 5.32 Å². The second kappa shape index (κ2) is 5.03. The number of carbonyl (C=O) groups excluding carboxylic acids is 1. The molecule has 0 aromatic heterocycles. The molecule has 2 nitrogen and oxygen atoms in total. The summed E-state index contributed by atoms with van der Waals surface area (Å²) in [6.45, 7) is 6.30. The fraction of sp³-hybridized carbons (Fsp3) is 0.625. The Balaban J connectivity index is 3.48. The molecule has 0 rings (SSSR count). The van der Waals surface area contributed by atoms with Crippen LogP contribution in [0.4, 0.5) is 0 Å². The van der Waals surface area contributed by atoms with Crippen LogP contribution in [0.5, 0.6) is 0 Å². The van der Waals surface area contributed by atoms with Gasteiger partial charge in [-0.05, 0) is 13.3 Å². The van der Waals surface area contributed by atoms with E-state index >= 15 is 0 Å². The molecule has 0 saturated heterocycles. The molecule has 0 saturated carbocycles. The number of carbonyl (C=O) groups is 1. The van der Waals surface area contributed by atoms with E-state index in [1.807, 2.05) is 6.92 Å². The van der Waals surface area contributed by atoms with Crippen LogP contribution >= 0.6 is 0 Å². The van der Waals surface area contributed by atoms with Crippen molar-refractivity contribution in [2.45, 2.75) is 27.2 Å². The Bertz CT molecular complexity index is 138. The molecule has 0 aliphatic heterocycles. The number of rotatable bonds is 3. The Morgan fingerprint density at radius 1 is 1.50 bits per heavy atom. The van der Waals surface area contributed by atoms with Gasteiger partial charge in [0, 0.05) is 13.5 Å². The third kappa shape index (κ3) is 5.35. The average molecular weight is 141 g/mol. The van der Waals surface area contributed by atoms with E-state index in [0.717, 1.165) is 6.42 Å². The second-order valence-corrected chi connectivity index (χ2v) is 2.37. The van der Waals surface area contributed by atoms with E-state index in [-0.39, 0.29) is 5.91 Å². The Morgan fingerprint density at radius 2 is 2.10 bits per heavy atom. The van der Waals surface area contributed by atoms with Crippen molar-refractivity contribution in [3.05, 3.63) is 11.6 Å². The van der Waals surface area contributed by atoms with E-state index in [2.05, 4.69) is 18.3 Å². The summed E-state index contributed by atoms with van der Waals surface area (Å²) in [5.41, 5.74) is 1.22. The second-order valence-electron chi connectivity index (χ2n) is 2.37. The zero-order valence-electron chi connectivity index (χ0n) is 6.90. The summed E-state index contributed by atoms with van der Waals surface area (Å²) < 4.78 is 0. The maximum atomic E-state index is 10.4. The summed E-state index contributed by atoms with van der Waals surface area (Å²) in [4.78, 5) is 10.4. The lowest BCUT2D eigenvalue weighted by Crippen LogP contribution is -2.21. The molecule has 0 heterocycles. The van der Waals surface area contributed by atoms with Gasteiger partial charge in [-0.15, -0.1) is 0 Å². The van der Waals surface area contributed by atoms with Gasteiger partial charge in [0.2, 0.25) is 5.91 Å². The van der Waals surface area contributed by atoms with Crippen molar-refractivity contribution < 1.29 is 4.79 Å². The molecule has 0 aromatic rings. The monoisotopic (exact) mass is 141 g/mol. The van der Waals surface area contributed by atoms with Gasteiger partial charge < -0.3 is 5.32 Å². The van der Waals surface area contributed by atoms with E-state index in [4.69, 9.17) is 0 Å². The number of hydrogen-bond donors (Lipinski definition) is 1. The Kier molecular flexibility index (Phi) is 4.63. The lowest BCUT2D eigenvalue weighted by atomic mass is 10.2. The molecular formula is C8H15NO. The maximum absolute atomic E-state index is 10.4. The Morgan fingerprint density at radius 3 is 2.50 bits per heavy atom. The van der Waals surface area contributed by atoms with Crippen molar-refractivity contribution in [2.75, 3.05) is 6.54 Å². The third-order valence-electron chi connectivity index (χ3n) is 1.17. The molecule has 1 N–H and O–H groups in total. The minimum Gasteiger partial charge on any atom is -0.353 e. The van der Waals surface area contributed by atoms with E-state index < -0.39 is 0 Å². The molecule has 0 bridgehead atoms. The maximum Gasteiger partial charge on any atom is 0.217 e. The minimum absolute atomic E-state index is 0.0313.